The number of thiol groups is 1. The van der Waals surface area contributed by atoms with Gasteiger partial charge in [0.1, 0.15) is 0 Å². The van der Waals surface area contributed by atoms with Gasteiger partial charge in [-0.2, -0.15) is 12.6 Å². The molecule has 0 aliphatic heterocycles. The summed E-state index contributed by atoms with van der Waals surface area (Å²) in [6, 6.07) is 12.5. The molecule has 212 valence electrons. The maximum atomic E-state index is 12.6. The number of aryl methyl sites for hydroxylation is 1. The van der Waals surface area contributed by atoms with Gasteiger partial charge >= 0.3 is 0 Å². The van der Waals surface area contributed by atoms with Gasteiger partial charge in [0.05, 0.1) is 25.6 Å². The lowest BCUT2D eigenvalue weighted by Gasteiger charge is -2.14. The SMILES string of the molecule is C=C(CS)NCC(=O)NCC(=O)NCC(=O)CCCNCCCNC(=O)[C@@H](C)c1ccc2cc(C)ccc2c1. The van der Waals surface area contributed by atoms with Crippen molar-refractivity contribution in [1.29, 1.82) is 0 Å². The summed E-state index contributed by atoms with van der Waals surface area (Å²) < 4.78 is 0. The number of hydrogen-bond acceptors (Lipinski definition) is 7. The highest BCUT2D eigenvalue weighted by Crippen LogP contribution is 2.22. The molecule has 1 atom stereocenters. The number of nitrogens with one attached hydrogen (secondary N) is 5. The fourth-order valence-electron chi connectivity index (χ4n) is 3.77. The van der Waals surface area contributed by atoms with Crippen LogP contribution in [0.15, 0.2) is 48.7 Å². The third-order valence-electron chi connectivity index (χ3n) is 6.17. The van der Waals surface area contributed by atoms with E-state index in [0.29, 0.717) is 37.4 Å². The van der Waals surface area contributed by atoms with Gasteiger partial charge < -0.3 is 26.6 Å². The Balaban J connectivity index is 1.49. The number of fused-ring (bicyclic) bond motifs is 1. The van der Waals surface area contributed by atoms with Crippen molar-refractivity contribution >= 4 is 46.9 Å². The van der Waals surface area contributed by atoms with Crippen molar-refractivity contribution in [2.24, 2.45) is 0 Å². The van der Waals surface area contributed by atoms with Crippen LogP contribution in [0.2, 0.25) is 0 Å². The van der Waals surface area contributed by atoms with E-state index < -0.39 is 5.91 Å². The van der Waals surface area contributed by atoms with Crippen molar-refractivity contribution in [1.82, 2.24) is 26.6 Å². The Kier molecular flexibility index (Phi) is 14.1. The molecule has 2 aromatic rings. The van der Waals surface area contributed by atoms with E-state index in [-0.39, 0.29) is 43.1 Å². The monoisotopic (exact) mass is 555 g/mol. The minimum atomic E-state index is -0.421. The summed E-state index contributed by atoms with van der Waals surface area (Å²) in [5.74, 6) is -0.657. The van der Waals surface area contributed by atoms with Crippen molar-refractivity contribution in [2.75, 3.05) is 45.0 Å². The zero-order chi connectivity index (χ0) is 28.6. The van der Waals surface area contributed by atoms with Gasteiger partial charge in [-0.25, -0.2) is 0 Å². The van der Waals surface area contributed by atoms with Crippen LogP contribution in [0.1, 0.15) is 43.2 Å². The predicted molar refractivity (Wildman–Crippen MR) is 159 cm³/mol. The van der Waals surface area contributed by atoms with Gasteiger partial charge in [0.15, 0.2) is 5.78 Å². The van der Waals surface area contributed by atoms with E-state index in [0.717, 1.165) is 23.9 Å². The smallest absolute Gasteiger partial charge is 0.239 e. The van der Waals surface area contributed by atoms with E-state index in [4.69, 9.17) is 0 Å². The van der Waals surface area contributed by atoms with E-state index in [1.807, 2.05) is 13.0 Å². The molecule has 10 heteroatoms. The maximum absolute atomic E-state index is 12.6. The van der Waals surface area contributed by atoms with Gasteiger partial charge in [-0.1, -0.05) is 48.5 Å². The highest BCUT2D eigenvalue weighted by atomic mass is 32.1. The van der Waals surface area contributed by atoms with E-state index in [9.17, 15) is 19.2 Å². The fraction of sp³-hybridized carbons (Fsp3) is 0.448. The molecule has 0 saturated carbocycles. The summed E-state index contributed by atoms with van der Waals surface area (Å²) in [6.07, 6.45) is 1.77. The molecule has 0 aliphatic rings. The largest absolute Gasteiger partial charge is 0.379 e. The average Bonchev–Trinajstić information content (AvgIpc) is 2.93. The molecule has 5 N–H and O–H groups in total. The van der Waals surface area contributed by atoms with Crippen LogP contribution in [0, 0.1) is 6.92 Å². The Bertz CT molecular complexity index is 1150. The standard InChI is InChI=1S/C29H41N5O4S/c1-20-7-8-25-15-23(9-10-24(25)14-20)22(3)29(38)31-13-5-12-30-11-4-6-26(35)16-33-28(37)18-34-27(36)17-32-21(2)19-39/h7-10,14-15,22,30,32,39H,2,4-6,11-13,16-19H2,1,3H3,(H,31,38)(H,33,37)(H,34,36)/t22-/m0/s1. The van der Waals surface area contributed by atoms with E-state index >= 15 is 0 Å². The minimum absolute atomic E-state index is 0.00439. The quantitative estimate of drug-likeness (QED) is 0.123. The van der Waals surface area contributed by atoms with Crippen molar-refractivity contribution in [3.63, 3.8) is 0 Å². The summed E-state index contributed by atoms with van der Waals surface area (Å²) in [5.41, 5.74) is 2.82. The highest BCUT2D eigenvalue weighted by molar-refractivity contribution is 7.80. The Labute approximate surface area is 236 Å². The van der Waals surface area contributed by atoms with Gasteiger partial charge in [-0.15, -0.1) is 0 Å². The van der Waals surface area contributed by atoms with Crippen LogP contribution in [0.5, 0.6) is 0 Å². The van der Waals surface area contributed by atoms with Crippen LogP contribution in [-0.4, -0.2) is 68.5 Å². The molecule has 9 nitrogen and oxygen atoms in total. The number of Topliss-reactive ketones (excluding diaryl/α,β-unsaturated/α-hetero) is 1. The Morgan fingerprint density at radius 2 is 1.46 bits per heavy atom. The second-order valence-corrected chi connectivity index (χ2v) is 9.85. The van der Waals surface area contributed by atoms with Gasteiger partial charge in [0, 0.05) is 24.4 Å². The molecule has 0 bridgehead atoms. The summed E-state index contributed by atoms with van der Waals surface area (Å²) in [7, 11) is 0. The number of rotatable bonds is 18. The number of carbonyl (C=O) groups excluding carboxylic acids is 4. The van der Waals surface area contributed by atoms with E-state index in [2.05, 4.69) is 83.0 Å². The van der Waals surface area contributed by atoms with Crippen LogP contribution in [0.4, 0.5) is 0 Å². The van der Waals surface area contributed by atoms with Crippen LogP contribution in [-0.2, 0) is 19.2 Å². The maximum Gasteiger partial charge on any atom is 0.239 e. The number of hydrogen-bond donors (Lipinski definition) is 6. The lowest BCUT2D eigenvalue weighted by Crippen LogP contribution is -2.41. The van der Waals surface area contributed by atoms with Crippen LogP contribution in [0.25, 0.3) is 10.8 Å². The molecule has 0 unspecified atom stereocenters. The van der Waals surface area contributed by atoms with Crippen molar-refractivity contribution in [3.05, 3.63) is 59.8 Å². The highest BCUT2D eigenvalue weighted by Gasteiger charge is 2.15. The normalized spacial score (nSPS) is 11.5. The first-order valence-electron chi connectivity index (χ1n) is 13.3. The Hall–Kier alpha value is -3.37. The van der Waals surface area contributed by atoms with E-state index in [1.165, 1.54) is 10.9 Å². The molecule has 2 rings (SSSR count). The summed E-state index contributed by atoms with van der Waals surface area (Å²) in [6.45, 7) is 9.37. The van der Waals surface area contributed by atoms with Crippen molar-refractivity contribution in [3.8, 4) is 0 Å². The molecule has 39 heavy (non-hydrogen) atoms. The minimum Gasteiger partial charge on any atom is -0.379 e. The number of benzene rings is 2. The third-order valence-corrected chi connectivity index (χ3v) is 6.55. The summed E-state index contributed by atoms with van der Waals surface area (Å²) >= 11 is 4.02. The fourth-order valence-corrected chi connectivity index (χ4v) is 3.88. The molecule has 0 heterocycles. The lowest BCUT2D eigenvalue weighted by molar-refractivity contribution is -0.127. The van der Waals surface area contributed by atoms with Crippen molar-refractivity contribution in [2.45, 2.75) is 39.0 Å². The molecule has 3 amide bonds. The summed E-state index contributed by atoms with van der Waals surface area (Å²) in [5, 5.41) is 16.3. The first-order chi connectivity index (χ1) is 18.7. The summed E-state index contributed by atoms with van der Waals surface area (Å²) in [4.78, 5) is 48.0. The molecular formula is C29H41N5O4S. The molecule has 2 aromatic carbocycles. The number of amides is 3. The second kappa shape index (κ2) is 17.3. The van der Waals surface area contributed by atoms with Crippen LogP contribution < -0.4 is 26.6 Å². The molecule has 0 spiro atoms. The topological polar surface area (TPSA) is 128 Å². The van der Waals surface area contributed by atoms with Crippen molar-refractivity contribution < 1.29 is 19.2 Å². The Morgan fingerprint density at radius 1 is 0.821 bits per heavy atom. The first kappa shape index (κ1) is 31.8. The molecule has 0 aromatic heterocycles. The first-order valence-corrected chi connectivity index (χ1v) is 13.9. The van der Waals surface area contributed by atoms with E-state index in [1.54, 1.807) is 0 Å². The average molecular weight is 556 g/mol. The number of carbonyl (C=O) groups is 4. The van der Waals surface area contributed by atoms with Gasteiger partial charge in [0.2, 0.25) is 17.7 Å². The molecular weight excluding hydrogens is 514 g/mol. The Morgan fingerprint density at radius 3 is 2.21 bits per heavy atom. The molecule has 0 saturated heterocycles. The third kappa shape index (κ3) is 12.4. The zero-order valence-electron chi connectivity index (χ0n) is 22.9. The van der Waals surface area contributed by atoms with Gasteiger partial charge in [0.25, 0.3) is 0 Å². The van der Waals surface area contributed by atoms with Crippen LogP contribution >= 0.6 is 12.6 Å². The van der Waals surface area contributed by atoms with Gasteiger partial charge in [-0.05, 0) is 56.1 Å². The second-order valence-electron chi connectivity index (χ2n) is 9.54. The molecule has 0 aliphatic carbocycles. The number of ketones is 1. The lowest BCUT2D eigenvalue weighted by atomic mass is 9.96. The zero-order valence-corrected chi connectivity index (χ0v) is 23.8. The van der Waals surface area contributed by atoms with Crippen LogP contribution in [0.3, 0.4) is 0 Å². The van der Waals surface area contributed by atoms with Gasteiger partial charge in [-0.3, -0.25) is 19.2 Å². The molecule has 0 fully saturated rings. The molecule has 0 radical (unpaired) electrons. The predicted octanol–water partition coefficient (Wildman–Crippen LogP) is 1.96.